The number of ether oxygens (including phenoxy) is 2. The van der Waals surface area contributed by atoms with Crippen molar-refractivity contribution in [2.75, 3.05) is 39.4 Å². The molecule has 2 heterocycles. The molecule has 0 radical (unpaired) electrons. The third kappa shape index (κ3) is 3.69. The van der Waals surface area contributed by atoms with Gasteiger partial charge in [-0.3, -0.25) is 4.90 Å². The van der Waals surface area contributed by atoms with Crippen LogP contribution in [0.3, 0.4) is 0 Å². The third-order valence-electron chi connectivity index (χ3n) is 4.28. The molecule has 0 bridgehead atoms. The third-order valence-corrected chi connectivity index (χ3v) is 4.28. The van der Waals surface area contributed by atoms with E-state index in [1.165, 1.54) is 31.5 Å². The van der Waals surface area contributed by atoms with Gasteiger partial charge in [0.05, 0.1) is 6.04 Å². The van der Waals surface area contributed by atoms with Gasteiger partial charge in [0.15, 0.2) is 0 Å². The minimum Gasteiger partial charge on any atom is -0.492 e. The Hall–Kier alpha value is -1.26. The van der Waals surface area contributed by atoms with Crippen LogP contribution in [0.4, 0.5) is 0 Å². The maximum atomic E-state index is 5.87. The highest BCUT2D eigenvalue weighted by molar-refractivity contribution is 5.45. The number of likely N-dealkylation sites (tertiary alicyclic amines) is 1. The molecular formula is C17H26N2O2. The molecule has 2 aliphatic heterocycles. The van der Waals surface area contributed by atoms with Crippen molar-refractivity contribution >= 4 is 0 Å². The SMILES string of the molecule is CCCNC1COc2cc(OCCN3CCCC3)ccc21. The minimum atomic E-state index is 0.332. The maximum Gasteiger partial charge on any atom is 0.127 e. The molecule has 3 rings (SSSR count). The topological polar surface area (TPSA) is 33.7 Å². The van der Waals surface area contributed by atoms with Gasteiger partial charge in [0.1, 0.15) is 24.7 Å². The zero-order valence-corrected chi connectivity index (χ0v) is 12.9. The van der Waals surface area contributed by atoms with Crippen molar-refractivity contribution in [3.63, 3.8) is 0 Å². The molecular weight excluding hydrogens is 264 g/mol. The smallest absolute Gasteiger partial charge is 0.127 e. The van der Waals surface area contributed by atoms with Gasteiger partial charge in [-0.1, -0.05) is 6.92 Å². The lowest BCUT2D eigenvalue weighted by Crippen LogP contribution is -2.25. The van der Waals surface area contributed by atoms with Crippen molar-refractivity contribution in [2.24, 2.45) is 0 Å². The molecule has 1 atom stereocenters. The zero-order valence-electron chi connectivity index (χ0n) is 12.9. The molecule has 0 spiro atoms. The molecule has 0 amide bonds. The molecule has 0 saturated carbocycles. The Balaban J connectivity index is 1.51. The number of nitrogens with one attached hydrogen (secondary N) is 1. The summed E-state index contributed by atoms with van der Waals surface area (Å²) in [6, 6.07) is 6.57. The summed E-state index contributed by atoms with van der Waals surface area (Å²) >= 11 is 0. The molecule has 4 heteroatoms. The number of nitrogens with zero attached hydrogens (tertiary/aromatic N) is 1. The summed E-state index contributed by atoms with van der Waals surface area (Å²) in [5.41, 5.74) is 1.26. The fourth-order valence-electron chi connectivity index (χ4n) is 3.07. The van der Waals surface area contributed by atoms with Gasteiger partial charge in [0.25, 0.3) is 0 Å². The maximum absolute atomic E-state index is 5.87. The van der Waals surface area contributed by atoms with Crippen LogP contribution in [-0.2, 0) is 0 Å². The van der Waals surface area contributed by atoms with Crippen LogP contribution in [0.1, 0.15) is 37.8 Å². The number of hydrogen-bond donors (Lipinski definition) is 1. The lowest BCUT2D eigenvalue weighted by Gasteiger charge is -2.15. The van der Waals surface area contributed by atoms with E-state index in [-0.39, 0.29) is 0 Å². The monoisotopic (exact) mass is 290 g/mol. The average molecular weight is 290 g/mol. The number of fused-ring (bicyclic) bond motifs is 1. The van der Waals surface area contributed by atoms with E-state index in [9.17, 15) is 0 Å². The van der Waals surface area contributed by atoms with Gasteiger partial charge < -0.3 is 14.8 Å². The van der Waals surface area contributed by atoms with E-state index in [0.29, 0.717) is 6.04 Å². The second-order valence-corrected chi connectivity index (χ2v) is 5.91. The fraction of sp³-hybridized carbons (Fsp3) is 0.647. The molecule has 1 aromatic carbocycles. The second-order valence-electron chi connectivity index (χ2n) is 5.91. The van der Waals surface area contributed by atoms with Crippen LogP contribution in [0.25, 0.3) is 0 Å². The molecule has 0 aromatic heterocycles. The van der Waals surface area contributed by atoms with E-state index in [4.69, 9.17) is 9.47 Å². The zero-order chi connectivity index (χ0) is 14.5. The summed E-state index contributed by atoms with van der Waals surface area (Å²) in [6.45, 7) is 8.17. The van der Waals surface area contributed by atoms with Gasteiger partial charge in [-0.15, -0.1) is 0 Å². The molecule has 4 nitrogen and oxygen atoms in total. The van der Waals surface area contributed by atoms with Crippen molar-refractivity contribution in [3.05, 3.63) is 23.8 Å². The molecule has 21 heavy (non-hydrogen) atoms. The molecule has 116 valence electrons. The van der Waals surface area contributed by atoms with Gasteiger partial charge in [-0.2, -0.15) is 0 Å². The fourth-order valence-corrected chi connectivity index (χ4v) is 3.07. The minimum absolute atomic E-state index is 0.332. The quantitative estimate of drug-likeness (QED) is 0.837. The summed E-state index contributed by atoms with van der Waals surface area (Å²) in [6.07, 6.45) is 3.81. The predicted octanol–water partition coefficient (Wildman–Crippen LogP) is 2.59. The Morgan fingerprint density at radius 2 is 2.19 bits per heavy atom. The van der Waals surface area contributed by atoms with E-state index >= 15 is 0 Å². The standard InChI is InChI=1S/C17H26N2O2/c1-2-7-18-16-13-21-17-12-14(5-6-15(16)17)20-11-10-19-8-3-4-9-19/h5-6,12,16,18H,2-4,7-11,13H2,1H3. The van der Waals surface area contributed by atoms with Gasteiger partial charge in [0.2, 0.25) is 0 Å². The lowest BCUT2D eigenvalue weighted by molar-refractivity contribution is 0.237. The van der Waals surface area contributed by atoms with Gasteiger partial charge in [0, 0.05) is 18.2 Å². The molecule has 0 aliphatic carbocycles. The molecule has 1 saturated heterocycles. The number of benzene rings is 1. The van der Waals surface area contributed by atoms with Crippen molar-refractivity contribution < 1.29 is 9.47 Å². The first-order valence-electron chi connectivity index (χ1n) is 8.22. The number of hydrogen-bond acceptors (Lipinski definition) is 4. The van der Waals surface area contributed by atoms with Gasteiger partial charge in [-0.05, 0) is 51.0 Å². The van der Waals surface area contributed by atoms with E-state index in [1.807, 2.05) is 6.07 Å². The van der Waals surface area contributed by atoms with Gasteiger partial charge >= 0.3 is 0 Å². The van der Waals surface area contributed by atoms with Crippen LogP contribution < -0.4 is 14.8 Å². The summed E-state index contributed by atoms with van der Waals surface area (Å²) in [5.74, 6) is 1.89. The molecule has 2 aliphatic rings. The van der Waals surface area contributed by atoms with Crippen molar-refractivity contribution in [3.8, 4) is 11.5 Å². The van der Waals surface area contributed by atoms with Crippen molar-refractivity contribution in [2.45, 2.75) is 32.2 Å². The van der Waals surface area contributed by atoms with Crippen LogP contribution in [0.2, 0.25) is 0 Å². The Bertz CT molecular complexity index is 458. The highest BCUT2D eigenvalue weighted by atomic mass is 16.5. The highest BCUT2D eigenvalue weighted by Crippen LogP contribution is 2.35. The van der Waals surface area contributed by atoms with Crippen LogP contribution in [0, 0.1) is 0 Å². The summed E-state index contributed by atoms with van der Waals surface area (Å²) < 4.78 is 11.6. The first kappa shape index (κ1) is 14.7. The summed E-state index contributed by atoms with van der Waals surface area (Å²) in [7, 11) is 0. The predicted molar refractivity (Wildman–Crippen MR) is 84.1 cm³/mol. The van der Waals surface area contributed by atoms with Crippen molar-refractivity contribution in [1.82, 2.24) is 10.2 Å². The van der Waals surface area contributed by atoms with Crippen LogP contribution in [0.5, 0.6) is 11.5 Å². The molecule has 1 N–H and O–H groups in total. The van der Waals surface area contributed by atoms with Crippen LogP contribution in [-0.4, -0.2) is 44.3 Å². The van der Waals surface area contributed by atoms with E-state index < -0.39 is 0 Å². The Morgan fingerprint density at radius 3 is 3.00 bits per heavy atom. The summed E-state index contributed by atoms with van der Waals surface area (Å²) in [4.78, 5) is 2.47. The Morgan fingerprint density at radius 1 is 1.33 bits per heavy atom. The van der Waals surface area contributed by atoms with Crippen LogP contribution >= 0.6 is 0 Å². The van der Waals surface area contributed by atoms with E-state index in [2.05, 4.69) is 29.3 Å². The number of rotatable bonds is 7. The highest BCUT2D eigenvalue weighted by Gasteiger charge is 2.23. The largest absolute Gasteiger partial charge is 0.492 e. The second kappa shape index (κ2) is 7.14. The molecule has 1 aromatic rings. The van der Waals surface area contributed by atoms with Crippen molar-refractivity contribution in [1.29, 1.82) is 0 Å². The summed E-state index contributed by atoms with van der Waals surface area (Å²) in [5, 5.41) is 3.51. The Labute approximate surface area is 127 Å². The van der Waals surface area contributed by atoms with E-state index in [1.54, 1.807) is 0 Å². The first-order valence-corrected chi connectivity index (χ1v) is 8.22. The van der Waals surface area contributed by atoms with Gasteiger partial charge in [-0.25, -0.2) is 0 Å². The van der Waals surface area contributed by atoms with E-state index in [0.717, 1.165) is 44.2 Å². The average Bonchev–Trinajstić information content (AvgIpc) is 3.14. The van der Waals surface area contributed by atoms with Crippen LogP contribution in [0.15, 0.2) is 18.2 Å². The first-order chi connectivity index (χ1) is 10.4. The molecule has 1 fully saturated rings. The normalized spacial score (nSPS) is 21.3. The lowest BCUT2D eigenvalue weighted by atomic mass is 10.1. The Kier molecular flexibility index (Phi) is 4.99. The molecule has 1 unspecified atom stereocenters.